The third-order valence-corrected chi connectivity index (χ3v) is 2.93. The summed E-state index contributed by atoms with van der Waals surface area (Å²) in [4.78, 5) is 11.1. The standard InChI is InChI=1S/C17H22O/c1-3-4-5-6-7-8-9-10-16-11-13-17(14-12-16)15(2)18/h11-14H,3-8H2,1-2H3. The van der Waals surface area contributed by atoms with Crippen LogP contribution in [-0.2, 0) is 0 Å². The van der Waals surface area contributed by atoms with Gasteiger partial charge in [-0.3, -0.25) is 4.79 Å². The van der Waals surface area contributed by atoms with Gasteiger partial charge < -0.3 is 0 Å². The lowest BCUT2D eigenvalue weighted by Crippen LogP contribution is -1.90. The van der Waals surface area contributed by atoms with E-state index in [9.17, 15) is 4.79 Å². The van der Waals surface area contributed by atoms with Crippen LogP contribution in [0.25, 0.3) is 0 Å². The van der Waals surface area contributed by atoms with Crippen molar-refractivity contribution in [1.29, 1.82) is 0 Å². The van der Waals surface area contributed by atoms with Crippen molar-refractivity contribution in [1.82, 2.24) is 0 Å². The number of carbonyl (C=O) groups is 1. The van der Waals surface area contributed by atoms with Crippen LogP contribution in [0.15, 0.2) is 24.3 Å². The van der Waals surface area contributed by atoms with Crippen molar-refractivity contribution in [3.05, 3.63) is 35.4 Å². The van der Waals surface area contributed by atoms with Crippen LogP contribution in [0.4, 0.5) is 0 Å². The monoisotopic (exact) mass is 242 g/mol. The molecule has 0 saturated carbocycles. The summed E-state index contributed by atoms with van der Waals surface area (Å²) in [7, 11) is 0. The Hall–Kier alpha value is -1.55. The number of unbranched alkanes of at least 4 members (excludes halogenated alkanes) is 5. The van der Waals surface area contributed by atoms with E-state index in [0.29, 0.717) is 0 Å². The Morgan fingerprint density at radius 3 is 2.33 bits per heavy atom. The Balaban J connectivity index is 2.32. The van der Waals surface area contributed by atoms with E-state index < -0.39 is 0 Å². The maximum Gasteiger partial charge on any atom is 0.159 e. The second kappa shape index (κ2) is 8.53. The fourth-order valence-corrected chi connectivity index (χ4v) is 1.77. The van der Waals surface area contributed by atoms with E-state index in [2.05, 4.69) is 18.8 Å². The largest absolute Gasteiger partial charge is 0.295 e. The van der Waals surface area contributed by atoms with E-state index in [-0.39, 0.29) is 5.78 Å². The molecule has 0 fully saturated rings. The van der Waals surface area contributed by atoms with Crippen molar-refractivity contribution in [2.45, 2.75) is 52.4 Å². The van der Waals surface area contributed by atoms with Crippen LogP contribution < -0.4 is 0 Å². The normalized spacial score (nSPS) is 9.67. The number of rotatable bonds is 6. The van der Waals surface area contributed by atoms with Crippen LogP contribution in [0.3, 0.4) is 0 Å². The average molecular weight is 242 g/mol. The van der Waals surface area contributed by atoms with Gasteiger partial charge in [0.25, 0.3) is 0 Å². The van der Waals surface area contributed by atoms with E-state index in [1.807, 2.05) is 24.3 Å². The van der Waals surface area contributed by atoms with E-state index in [0.717, 1.165) is 17.5 Å². The molecule has 0 unspecified atom stereocenters. The summed E-state index contributed by atoms with van der Waals surface area (Å²) in [6.07, 6.45) is 7.39. The van der Waals surface area contributed by atoms with Crippen molar-refractivity contribution in [2.24, 2.45) is 0 Å². The molecule has 0 spiro atoms. The molecule has 0 amide bonds. The topological polar surface area (TPSA) is 17.1 Å². The smallest absolute Gasteiger partial charge is 0.159 e. The highest BCUT2D eigenvalue weighted by Crippen LogP contribution is 2.06. The zero-order valence-corrected chi connectivity index (χ0v) is 11.5. The fraction of sp³-hybridized carbons (Fsp3) is 0.471. The Bertz CT molecular complexity index is 417. The third-order valence-electron chi connectivity index (χ3n) is 2.93. The summed E-state index contributed by atoms with van der Waals surface area (Å²) in [6, 6.07) is 7.52. The van der Waals surface area contributed by atoms with Crippen LogP contribution in [0, 0.1) is 11.8 Å². The molecule has 0 heterocycles. The lowest BCUT2D eigenvalue weighted by molar-refractivity contribution is 0.101. The first-order valence-corrected chi connectivity index (χ1v) is 6.84. The van der Waals surface area contributed by atoms with Gasteiger partial charge in [0.15, 0.2) is 5.78 Å². The van der Waals surface area contributed by atoms with Crippen LogP contribution >= 0.6 is 0 Å². The second-order valence-corrected chi connectivity index (χ2v) is 4.60. The molecule has 1 rings (SSSR count). The van der Waals surface area contributed by atoms with Gasteiger partial charge in [-0.15, -0.1) is 0 Å². The molecule has 0 N–H and O–H groups in total. The first kappa shape index (κ1) is 14.5. The number of hydrogen-bond donors (Lipinski definition) is 0. The van der Waals surface area contributed by atoms with Gasteiger partial charge in [-0.1, -0.05) is 56.6 Å². The van der Waals surface area contributed by atoms with E-state index in [1.54, 1.807) is 6.92 Å². The van der Waals surface area contributed by atoms with Crippen molar-refractivity contribution in [3.63, 3.8) is 0 Å². The molecule has 0 saturated heterocycles. The molecule has 0 bridgehead atoms. The summed E-state index contributed by atoms with van der Waals surface area (Å²) in [5.74, 6) is 6.43. The Morgan fingerprint density at radius 1 is 1.06 bits per heavy atom. The molecule has 0 aliphatic heterocycles. The zero-order valence-electron chi connectivity index (χ0n) is 11.5. The van der Waals surface area contributed by atoms with Crippen LogP contribution in [0.2, 0.25) is 0 Å². The zero-order chi connectivity index (χ0) is 13.2. The molecule has 1 aromatic carbocycles. The van der Waals surface area contributed by atoms with Gasteiger partial charge >= 0.3 is 0 Å². The van der Waals surface area contributed by atoms with E-state index in [4.69, 9.17) is 0 Å². The average Bonchev–Trinajstić information content (AvgIpc) is 2.38. The molecule has 0 radical (unpaired) electrons. The number of ketones is 1. The molecule has 1 nitrogen and oxygen atoms in total. The van der Waals surface area contributed by atoms with Gasteiger partial charge in [0, 0.05) is 17.5 Å². The number of Topliss-reactive ketones (excluding diaryl/α,β-unsaturated/α-hetero) is 1. The molecule has 0 aliphatic rings. The maximum absolute atomic E-state index is 11.1. The van der Waals surface area contributed by atoms with Crippen LogP contribution in [0.5, 0.6) is 0 Å². The first-order chi connectivity index (χ1) is 8.74. The Labute approximate surface area is 111 Å². The van der Waals surface area contributed by atoms with Gasteiger partial charge in [0.2, 0.25) is 0 Å². The first-order valence-electron chi connectivity index (χ1n) is 6.84. The molecule has 0 aromatic heterocycles. The van der Waals surface area contributed by atoms with Gasteiger partial charge in [-0.25, -0.2) is 0 Å². The highest BCUT2D eigenvalue weighted by molar-refractivity contribution is 5.94. The highest BCUT2D eigenvalue weighted by atomic mass is 16.1. The Morgan fingerprint density at radius 2 is 1.72 bits per heavy atom. The molecule has 96 valence electrons. The summed E-state index contributed by atoms with van der Waals surface area (Å²) < 4.78 is 0. The number of hydrogen-bond acceptors (Lipinski definition) is 1. The van der Waals surface area contributed by atoms with Gasteiger partial charge in [-0.2, -0.15) is 0 Å². The van der Waals surface area contributed by atoms with Gasteiger partial charge in [0.05, 0.1) is 0 Å². The molecule has 1 heteroatoms. The second-order valence-electron chi connectivity index (χ2n) is 4.60. The van der Waals surface area contributed by atoms with E-state index >= 15 is 0 Å². The minimum Gasteiger partial charge on any atom is -0.295 e. The van der Waals surface area contributed by atoms with E-state index in [1.165, 1.54) is 32.1 Å². The summed E-state index contributed by atoms with van der Waals surface area (Å²) in [5, 5.41) is 0. The SMILES string of the molecule is CCCCCCCC#Cc1ccc(C(C)=O)cc1. The predicted molar refractivity (Wildman–Crippen MR) is 76.7 cm³/mol. The molecule has 1 aromatic rings. The summed E-state index contributed by atoms with van der Waals surface area (Å²) in [5.41, 5.74) is 1.74. The van der Waals surface area contributed by atoms with Crippen molar-refractivity contribution >= 4 is 5.78 Å². The van der Waals surface area contributed by atoms with Crippen molar-refractivity contribution < 1.29 is 4.79 Å². The molecule has 0 aliphatic carbocycles. The van der Waals surface area contributed by atoms with Gasteiger partial charge in [0.1, 0.15) is 0 Å². The van der Waals surface area contributed by atoms with Crippen molar-refractivity contribution in [2.75, 3.05) is 0 Å². The Kier molecular flexibility index (Phi) is 6.87. The predicted octanol–water partition coefficient (Wildman–Crippen LogP) is 4.60. The minimum absolute atomic E-state index is 0.102. The number of carbonyl (C=O) groups excluding carboxylic acids is 1. The molecule has 0 atom stereocenters. The molecular formula is C17H22O. The summed E-state index contributed by atoms with van der Waals surface area (Å²) in [6.45, 7) is 3.81. The lowest BCUT2D eigenvalue weighted by Gasteiger charge is -1.95. The molecule has 18 heavy (non-hydrogen) atoms. The van der Waals surface area contributed by atoms with Crippen molar-refractivity contribution in [3.8, 4) is 11.8 Å². The van der Waals surface area contributed by atoms with Crippen LogP contribution in [-0.4, -0.2) is 5.78 Å². The lowest BCUT2D eigenvalue weighted by atomic mass is 10.1. The highest BCUT2D eigenvalue weighted by Gasteiger charge is 1.96. The fourth-order valence-electron chi connectivity index (χ4n) is 1.77. The quantitative estimate of drug-likeness (QED) is 0.405. The third kappa shape index (κ3) is 5.68. The number of benzene rings is 1. The minimum atomic E-state index is 0.102. The van der Waals surface area contributed by atoms with Crippen LogP contribution in [0.1, 0.15) is 68.3 Å². The maximum atomic E-state index is 11.1. The molecular weight excluding hydrogens is 220 g/mol. The van der Waals surface area contributed by atoms with Gasteiger partial charge in [-0.05, 0) is 25.5 Å². The summed E-state index contributed by atoms with van der Waals surface area (Å²) >= 11 is 0.